The molecule has 4 aromatic rings. The first kappa shape index (κ1) is 19.6. The fourth-order valence-corrected chi connectivity index (χ4v) is 3.42. The van der Waals surface area contributed by atoms with Gasteiger partial charge in [-0.05, 0) is 43.7 Å². The van der Waals surface area contributed by atoms with Crippen LogP contribution in [0.25, 0.3) is 11.3 Å². The van der Waals surface area contributed by atoms with Crippen molar-refractivity contribution in [3.05, 3.63) is 101 Å². The van der Waals surface area contributed by atoms with E-state index in [4.69, 9.17) is 4.42 Å². The summed E-state index contributed by atoms with van der Waals surface area (Å²) in [5.41, 5.74) is 4.33. The smallest absolute Gasteiger partial charge is 0.287 e. The number of hydrogen-bond donors (Lipinski definition) is 1. The van der Waals surface area contributed by atoms with E-state index in [1.807, 2.05) is 36.7 Å². The van der Waals surface area contributed by atoms with E-state index in [9.17, 15) is 9.18 Å². The lowest BCUT2D eigenvalue weighted by atomic mass is 10.1. The molecule has 0 fully saturated rings. The molecule has 0 aliphatic carbocycles. The predicted octanol–water partition coefficient (Wildman–Crippen LogP) is 4.88. The molecular weight excluding hydrogens is 381 g/mol. The number of nitrogens with zero attached hydrogens (tertiary/aromatic N) is 2. The van der Waals surface area contributed by atoms with Gasteiger partial charge in [0.25, 0.3) is 5.91 Å². The number of aryl methyl sites for hydroxylation is 1. The molecule has 0 saturated carbocycles. The summed E-state index contributed by atoms with van der Waals surface area (Å²) in [6.45, 7) is 4.93. The van der Waals surface area contributed by atoms with Crippen molar-refractivity contribution in [3.63, 3.8) is 0 Å². The van der Waals surface area contributed by atoms with E-state index in [2.05, 4.69) is 22.5 Å². The van der Waals surface area contributed by atoms with Crippen molar-refractivity contribution in [1.29, 1.82) is 0 Å². The van der Waals surface area contributed by atoms with E-state index in [-0.39, 0.29) is 11.7 Å². The van der Waals surface area contributed by atoms with Crippen molar-refractivity contribution in [2.45, 2.75) is 26.9 Å². The maximum atomic E-state index is 13.9. The Labute approximate surface area is 174 Å². The molecule has 0 radical (unpaired) electrons. The molecule has 2 aromatic heterocycles. The third-order valence-corrected chi connectivity index (χ3v) is 5.10. The van der Waals surface area contributed by atoms with Crippen LogP contribution in [-0.4, -0.2) is 15.7 Å². The summed E-state index contributed by atoms with van der Waals surface area (Å²) in [6, 6.07) is 19.6. The summed E-state index contributed by atoms with van der Waals surface area (Å²) in [4.78, 5) is 12.5. The van der Waals surface area contributed by atoms with Gasteiger partial charge in [0.15, 0.2) is 5.76 Å². The number of nitrogens with one attached hydrogen (secondary N) is 1. The second kappa shape index (κ2) is 8.37. The summed E-state index contributed by atoms with van der Waals surface area (Å²) >= 11 is 0. The van der Waals surface area contributed by atoms with E-state index >= 15 is 0 Å². The highest BCUT2D eigenvalue weighted by molar-refractivity contribution is 5.92. The number of rotatable bonds is 6. The van der Waals surface area contributed by atoms with E-state index < -0.39 is 5.82 Å². The predicted molar refractivity (Wildman–Crippen MR) is 113 cm³/mol. The van der Waals surface area contributed by atoms with Crippen LogP contribution in [0.1, 0.15) is 33.1 Å². The zero-order chi connectivity index (χ0) is 21.1. The van der Waals surface area contributed by atoms with Gasteiger partial charge in [-0.3, -0.25) is 9.48 Å². The van der Waals surface area contributed by atoms with Crippen molar-refractivity contribution in [2.75, 3.05) is 0 Å². The Kier molecular flexibility index (Phi) is 5.48. The lowest BCUT2D eigenvalue weighted by Crippen LogP contribution is -2.23. The highest BCUT2D eigenvalue weighted by Gasteiger charge is 2.17. The number of halogens is 1. The van der Waals surface area contributed by atoms with Crippen molar-refractivity contribution >= 4 is 5.91 Å². The zero-order valence-corrected chi connectivity index (χ0v) is 16.9. The molecule has 1 amide bonds. The Morgan fingerprint density at radius 1 is 1.03 bits per heavy atom. The normalized spacial score (nSPS) is 10.9. The van der Waals surface area contributed by atoms with E-state index in [0.29, 0.717) is 24.4 Å². The molecule has 0 aliphatic heterocycles. The largest absolute Gasteiger partial charge is 0.451 e. The maximum absolute atomic E-state index is 13.9. The minimum absolute atomic E-state index is 0.139. The van der Waals surface area contributed by atoms with E-state index in [0.717, 1.165) is 22.5 Å². The highest BCUT2D eigenvalue weighted by atomic mass is 19.1. The van der Waals surface area contributed by atoms with Gasteiger partial charge in [0.1, 0.15) is 11.6 Å². The number of furan rings is 1. The second-order valence-electron chi connectivity index (χ2n) is 7.12. The first-order valence-electron chi connectivity index (χ1n) is 9.72. The molecule has 152 valence electrons. The van der Waals surface area contributed by atoms with Gasteiger partial charge in [-0.2, -0.15) is 5.10 Å². The Bertz CT molecular complexity index is 1180. The molecule has 0 saturated heterocycles. The van der Waals surface area contributed by atoms with Crippen LogP contribution in [0.5, 0.6) is 0 Å². The minimum Gasteiger partial charge on any atom is -0.451 e. The highest BCUT2D eigenvalue weighted by Crippen LogP contribution is 2.25. The SMILES string of the molecule is Cc1nn(Cc2ccccc2)c(C)c1CNC(=O)c1ccc(-c2ccccc2F)o1. The van der Waals surface area contributed by atoms with Crippen LogP contribution in [0.4, 0.5) is 4.39 Å². The molecule has 6 heteroatoms. The Morgan fingerprint density at radius 3 is 2.53 bits per heavy atom. The topological polar surface area (TPSA) is 60.1 Å². The van der Waals surface area contributed by atoms with Gasteiger partial charge in [0.05, 0.1) is 17.8 Å². The lowest BCUT2D eigenvalue weighted by Gasteiger charge is -2.07. The van der Waals surface area contributed by atoms with E-state index in [1.54, 1.807) is 30.3 Å². The summed E-state index contributed by atoms with van der Waals surface area (Å²) in [5, 5.41) is 7.48. The first-order chi connectivity index (χ1) is 14.5. The van der Waals surface area contributed by atoms with Gasteiger partial charge in [0.2, 0.25) is 0 Å². The van der Waals surface area contributed by atoms with Gasteiger partial charge in [0, 0.05) is 17.8 Å². The van der Waals surface area contributed by atoms with E-state index in [1.165, 1.54) is 6.07 Å². The number of aromatic nitrogens is 2. The van der Waals surface area contributed by atoms with Gasteiger partial charge in [-0.25, -0.2) is 4.39 Å². The van der Waals surface area contributed by atoms with Crippen LogP contribution < -0.4 is 5.32 Å². The van der Waals surface area contributed by atoms with Crippen LogP contribution >= 0.6 is 0 Å². The van der Waals surface area contributed by atoms with Crippen LogP contribution in [-0.2, 0) is 13.1 Å². The summed E-state index contributed by atoms with van der Waals surface area (Å²) < 4.78 is 21.4. The first-order valence-corrected chi connectivity index (χ1v) is 9.72. The molecule has 1 N–H and O–H groups in total. The average molecular weight is 403 g/mol. The molecule has 0 unspecified atom stereocenters. The van der Waals surface area contributed by atoms with Crippen molar-refractivity contribution in [2.24, 2.45) is 0 Å². The van der Waals surface area contributed by atoms with Gasteiger partial charge >= 0.3 is 0 Å². The van der Waals surface area contributed by atoms with Crippen LogP contribution in [0.2, 0.25) is 0 Å². The summed E-state index contributed by atoms with van der Waals surface area (Å²) in [7, 11) is 0. The Morgan fingerprint density at radius 2 is 1.77 bits per heavy atom. The monoisotopic (exact) mass is 403 g/mol. The van der Waals surface area contributed by atoms with Crippen molar-refractivity contribution in [3.8, 4) is 11.3 Å². The molecule has 30 heavy (non-hydrogen) atoms. The number of amides is 1. The second-order valence-corrected chi connectivity index (χ2v) is 7.12. The third kappa shape index (κ3) is 4.03. The molecule has 5 nitrogen and oxygen atoms in total. The number of benzene rings is 2. The standard InChI is InChI=1S/C24H22FN3O2/c1-16-20(17(2)28(27-16)15-18-8-4-3-5-9-18)14-26-24(29)23-13-12-22(30-23)19-10-6-7-11-21(19)25/h3-13H,14-15H2,1-2H3,(H,26,29). The minimum atomic E-state index is -0.393. The number of carbonyl (C=O) groups is 1. The quantitative estimate of drug-likeness (QED) is 0.499. The summed E-state index contributed by atoms with van der Waals surface area (Å²) in [5.74, 6) is -0.287. The molecule has 0 aliphatic rings. The molecule has 2 heterocycles. The van der Waals surface area contributed by atoms with Crippen molar-refractivity contribution in [1.82, 2.24) is 15.1 Å². The van der Waals surface area contributed by atoms with Crippen molar-refractivity contribution < 1.29 is 13.6 Å². The lowest BCUT2D eigenvalue weighted by molar-refractivity contribution is 0.0924. The average Bonchev–Trinajstić information content (AvgIpc) is 3.33. The van der Waals surface area contributed by atoms with Gasteiger partial charge in [-0.15, -0.1) is 0 Å². The molecule has 0 atom stereocenters. The molecular formula is C24H22FN3O2. The molecule has 0 spiro atoms. The van der Waals surface area contributed by atoms with Gasteiger partial charge < -0.3 is 9.73 Å². The molecule has 0 bridgehead atoms. The van der Waals surface area contributed by atoms with Crippen LogP contribution in [0, 0.1) is 19.7 Å². The third-order valence-electron chi connectivity index (χ3n) is 5.10. The summed E-state index contributed by atoms with van der Waals surface area (Å²) in [6.07, 6.45) is 0. The van der Waals surface area contributed by atoms with Crippen LogP contribution in [0.15, 0.2) is 71.1 Å². The van der Waals surface area contributed by atoms with Crippen LogP contribution in [0.3, 0.4) is 0 Å². The fourth-order valence-electron chi connectivity index (χ4n) is 3.42. The maximum Gasteiger partial charge on any atom is 0.287 e. The van der Waals surface area contributed by atoms with Gasteiger partial charge in [-0.1, -0.05) is 42.5 Å². The number of hydrogen-bond acceptors (Lipinski definition) is 3. The fraction of sp³-hybridized carbons (Fsp3) is 0.167. The Hall–Kier alpha value is -3.67. The Balaban J connectivity index is 1.45. The zero-order valence-electron chi connectivity index (χ0n) is 16.9. The molecule has 4 rings (SSSR count). The molecule has 2 aromatic carbocycles. The number of carbonyl (C=O) groups excluding carboxylic acids is 1.